The lowest BCUT2D eigenvalue weighted by Gasteiger charge is -2.51. The number of methoxy groups -OCH3 is 1. The summed E-state index contributed by atoms with van der Waals surface area (Å²) < 4.78 is 10.7. The molecule has 0 bridgehead atoms. The second-order valence-electron chi connectivity index (χ2n) is 5.60. The number of hydrogen-bond acceptors (Lipinski definition) is 6. The summed E-state index contributed by atoms with van der Waals surface area (Å²) in [6.45, 7) is -0.400. The van der Waals surface area contributed by atoms with Crippen LogP contribution in [-0.2, 0) is 9.47 Å². The zero-order chi connectivity index (χ0) is 14.0. The molecule has 1 heterocycles. The SMILES string of the molecule is CO[C@H]1OC(CO)(C2CCCCC2)[C@H](O)[C@@H](O)[C@@H]1O. The van der Waals surface area contributed by atoms with Gasteiger partial charge >= 0.3 is 0 Å². The average molecular weight is 276 g/mol. The largest absolute Gasteiger partial charge is 0.393 e. The zero-order valence-corrected chi connectivity index (χ0v) is 11.2. The van der Waals surface area contributed by atoms with Crippen LogP contribution in [0.4, 0.5) is 0 Å². The molecule has 6 heteroatoms. The molecule has 0 aromatic carbocycles. The minimum Gasteiger partial charge on any atom is -0.393 e. The van der Waals surface area contributed by atoms with Crippen molar-refractivity contribution in [2.45, 2.75) is 62.3 Å². The molecule has 2 rings (SSSR count). The van der Waals surface area contributed by atoms with E-state index < -0.39 is 36.8 Å². The molecule has 0 amide bonds. The number of aliphatic hydroxyl groups is 4. The van der Waals surface area contributed by atoms with Crippen LogP contribution in [0.2, 0.25) is 0 Å². The van der Waals surface area contributed by atoms with Crippen molar-refractivity contribution < 1.29 is 29.9 Å². The third-order valence-electron chi connectivity index (χ3n) is 4.56. The highest BCUT2D eigenvalue weighted by Gasteiger charge is 2.57. The van der Waals surface area contributed by atoms with Crippen LogP contribution < -0.4 is 0 Å². The van der Waals surface area contributed by atoms with E-state index in [1.807, 2.05) is 0 Å². The van der Waals surface area contributed by atoms with Crippen LogP contribution in [0, 0.1) is 5.92 Å². The van der Waals surface area contributed by atoms with E-state index in [4.69, 9.17) is 9.47 Å². The molecule has 1 aliphatic carbocycles. The number of aliphatic hydroxyl groups excluding tert-OH is 4. The summed E-state index contributed by atoms with van der Waals surface area (Å²) in [6, 6.07) is 0. The highest BCUT2D eigenvalue weighted by Crippen LogP contribution is 2.42. The topological polar surface area (TPSA) is 99.4 Å². The van der Waals surface area contributed by atoms with E-state index in [2.05, 4.69) is 0 Å². The number of hydrogen-bond donors (Lipinski definition) is 4. The molecule has 1 saturated heterocycles. The van der Waals surface area contributed by atoms with Crippen LogP contribution in [0.3, 0.4) is 0 Å². The summed E-state index contributed by atoms with van der Waals surface area (Å²) in [5, 5.41) is 39.8. The second-order valence-corrected chi connectivity index (χ2v) is 5.60. The van der Waals surface area contributed by atoms with E-state index in [1.54, 1.807) is 0 Å². The molecule has 1 saturated carbocycles. The number of ether oxygens (including phenoxy) is 2. The van der Waals surface area contributed by atoms with Gasteiger partial charge < -0.3 is 29.9 Å². The molecule has 1 aliphatic heterocycles. The predicted molar refractivity (Wildman–Crippen MR) is 66.3 cm³/mol. The molecule has 112 valence electrons. The van der Waals surface area contributed by atoms with Gasteiger partial charge in [-0.05, 0) is 18.8 Å². The van der Waals surface area contributed by atoms with Crippen LogP contribution in [0.1, 0.15) is 32.1 Å². The first kappa shape index (κ1) is 15.2. The Morgan fingerprint density at radius 2 is 1.74 bits per heavy atom. The van der Waals surface area contributed by atoms with Gasteiger partial charge in [-0.25, -0.2) is 0 Å². The molecule has 0 radical (unpaired) electrons. The van der Waals surface area contributed by atoms with E-state index in [0.717, 1.165) is 32.1 Å². The summed E-state index contributed by atoms with van der Waals surface area (Å²) in [6.07, 6.45) is -0.233. The molecule has 2 fully saturated rings. The molecule has 0 spiro atoms. The van der Waals surface area contributed by atoms with Gasteiger partial charge in [0, 0.05) is 7.11 Å². The Morgan fingerprint density at radius 3 is 2.26 bits per heavy atom. The van der Waals surface area contributed by atoms with Crippen LogP contribution >= 0.6 is 0 Å². The molecule has 0 aromatic heterocycles. The van der Waals surface area contributed by atoms with Gasteiger partial charge in [0.25, 0.3) is 0 Å². The average Bonchev–Trinajstić information content (AvgIpc) is 2.47. The summed E-state index contributed by atoms with van der Waals surface area (Å²) in [5.41, 5.74) is -1.25. The van der Waals surface area contributed by atoms with E-state index >= 15 is 0 Å². The van der Waals surface area contributed by atoms with Crippen molar-refractivity contribution in [2.75, 3.05) is 13.7 Å². The molecule has 19 heavy (non-hydrogen) atoms. The molecule has 5 atom stereocenters. The van der Waals surface area contributed by atoms with Crippen LogP contribution in [0.5, 0.6) is 0 Å². The van der Waals surface area contributed by atoms with Crippen molar-refractivity contribution in [3.8, 4) is 0 Å². The summed E-state index contributed by atoms with van der Waals surface area (Å²) in [5.74, 6) is -0.0407. The number of rotatable bonds is 3. The lowest BCUT2D eigenvalue weighted by Crippen LogP contribution is -2.69. The minimum atomic E-state index is -1.38. The van der Waals surface area contributed by atoms with Crippen molar-refractivity contribution in [3.05, 3.63) is 0 Å². The fraction of sp³-hybridized carbons (Fsp3) is 1.00. The van der Waals surface area contributed by atoms with Crippen molar-refractivity contribution in [3.63, 3.8) is 0 Å². The Balaban J connectivity index is 2.25. The smallest absolute Gasteiger partial charge is 0.186 e. The Kier molecular flexibility index (Phi) is 4.81. The van der Waals surface area contributed by atoms with E-state index in [1.165, 1.54) is 7.11 Å². The van der Waals surface area contributed by atoms with Crippen LogP contribution in [0.25, 0.3) is 0 Å². The monoisotopic (exact) mass is 276 g/mol. The van der Waals surface area contributed by atoms with E-state index in [9.17, 15) is 20.4 Å². The zero-order valence-electron chi connectivity index (χ0n) is 11.2. The molecule has 0 aromatic rings. The third-order valence-corrected chi connectivity index (χ3v) is 4.56. The molecule has 1 unspecified atom stereocenters. The Morgan fingerprint density at radius 1 is 1.11 bits per heavy atom. The lowest BCUT2D eigenvalue weighted by atomic mass is 9.71. The van der Waals surface area contributed by atoms with Gasteiger partial charge in [-0.2, -0.15) is 0 Å². The molecule has 2 aliphatic rings. The first-order chi connectivity index (χ1) is 9.06. The first-order valence-corrected chi connectivity index (χ1v) is 6.92. The highest BCUT2D eigenvalue weighted by atomic mass is 16.7. The van der Waals surface area contributed by atoms with Crippen LogP contribution in [-0.4, -0.2) is 64.3 Å². The molecule has 6 nitrogen and oxygen atoms in total. The van der Waals surface area contributed by atoms with Crippen molar-refractivity contribution in [2.24, 2.45) is 5.92 Å². The van der Waals surface area contributed by atoms with Gasteiger partial charge in [0.2, 0.25) is 0 Å². The maximum Gasteiger partial charge on any atom is 0.186 e. The van der Waals surface area contributed by atoms with Gasteiger partial charge in [-0.3, -0.25) is 0 Å². The first-order valence-electron chi connectivity index (χ1n) is 6.92. The molecular weight excluding hydrogens is 252 g/mol. The summed E-state index contributed by atoms with van der Waals surface area (Å²) in [7, 11) is 1.36. The third kappa shape index (κ3) is 2.53. The van der Waals surface area contributed by atoms with Crippen molar-refractivity contribution in [1.82, 2.24) is 0 Å². The summed E-state index contributed by atoms with van der Waals surface area (Å²) in [4.78, 5) is 0. The molecular formula is C13H24O6. The maximum atomic E-state index is 10.3. The van der Waals surface area contributed by atoms with Gasteiger partial charge in [-0.1, -0.05) is 19.3 Å². The van der Waals surface area contributed by atoms with E-state index in [0.29, 0.717) is 0 Å². The van der Waals surface area contributed by atoms with Crippen molar-refractivity contribution in [1.29, 1.82) is 0 Å². The standard InChI is InChI=1S/C13H24O6/c1-18-12-10(16)9(15)11(17)13(7-14,19-12)8-5-3-2-4-6-8/h8-12,14-17H,2-7H2,1H3/t9-,10-,11+,12-,13?/m0/s1. The van der Waals surface area contributed by atoms with Gasteiger partial charge in [0.15, 0.2) is 6.29 Å². The summed E-state index contributed by atoms with van der Waals surface area (Å²) >= 11 is 0. The second kappa shape index (κ2) is 6.03. The van der Waals surface area contributed by atoms with Gasteiger partial charge in [0.1, 0.15) is 23.9 Å². The van der Waals surface area contributed by atoms with Crippen LogP contribution in [0.15, 0.2) is 0 Å². The van der Waals surface area contributed by atoms with Crippen molar-refractivity contribution >= 4 is 0 Å². The Labute approximate surface area is 113 Å². The minimum absolute atomic E-state index is 0.0407. The van der Waals surface area contributed by atoms with E-state index in [-0.39, 0.29) is 5.92 Å². The maximum absolute atomic E-state index is 10.3. The Hall–Kier alpha value is -0.240. The fourth-order valence-corrected chi connectivity index (χ4v) is 3.37. The Bertz CT molecular complexity index is 287. The van der Waals surface area contributed by atoms with Gasteiger partial charge in [0.05, 0.1) is 6.61 Å². The lowest BCUT2D eigenvalue weighted by molar-refractivity contribution is -0.347. The fourth-order valence-electron chi connectivity index (χ4n) is 3.37. The highest BCUT2D eigenvalue weighted by molar-refractivity contribution is 5.04. The predicted octanol–water partition coefficient (Wildman–Crippen LogP) is -0.617. The van der Waals surface area contributed by atoms with Gasteiger partial charge in [-0.15, -0.1) is 0 Å². The molecule has 4 N–H and O–H groups in total. The quantitative estimate of drug-likeness (QED) is 0.548. The normalized spacial score (nSPS) is 45.3.